The Morgan fingerprint density at radius 2 is 1.71 bits per heavy atom. The van der Waals surface area contributed by atoms with E-state index in [0.29, 0.717) is 21.2 Å². The Balaban J connectivity index is 1.89. The van der Waals surface area contributed by atoms with Crippen molar-refractivity contribution in [3.8, 4) is 17.2 Å². The smallest absolute Gasteiger partial charge is 0.308 e. The minimum atomic E-state index is -0.534. The standard InChI is InChI=1S/C21H17Cl2NO6S/c1-11(25)30-19-16(28-2)7-13(8-17(19)29-3)9-18-20(26)24(21(27)31-18)10-12-4-5-14(22)15(23)6-12/h4-9H,10H2,1-3H3/b18-9-. The number of halogens is 2. The fourth-order valence-corrected chi connectivity index (χ4v) is 4.00. The molecule has 0 spiro atoms. The number of imide groups is 1. The van der Waals surface area contributed by atoms with E-state index in [1.807, 2.05) is 0 Å². The molecule has 0 aliphatic carbocycles. The molecule has 10 heteroatoms. The minimum Gasteiger partial charge on any atom is -0.493 e. The first kappa shape index (κ1) is 23.0. The fourth-order valence-electron chi connectivity index (χ4n) is 2.84. The van der Waals surface area contributed by atoms with Gasteiger partial charge in [0.2, 0.25) is 5.75 Å². The highest BCUT2D eigenvalue weighted by Crippen LogP contribution is 2.41. The van der Waals surface area contributed by atoms with Crippen molar-refractivity contribution in [3.05, 3.63) is 56.4 Å². The van der Waals surface area contributed by atoms with Gasteiger partial charge in [-0.25, -0.2) is 0 Å². The largest absolute Gasteiger partial charge is 0.493 e. The van der Waals surface area contributed by atoms with Gasteiger partial charge in [-0.1, -0.05) is 29.3 Å². The van der Waals surface area contributed by atoms with Crippen molar-refractivity contribution in [3.63, 3.8) is 0 Å². The van der Waals surface area contributed by atoms with Gasteiger partial charge in [0.05, 0.1) is 35.7 Å². The van der Waals surface area contributed by atoms with Crippen LogP contribution in [0.3, 0.4) is 0 Å². The number of nitrogens with zero attached hydrogens (tertiary/aromatic N) is 1. The summed E-state index contributed by atoms with van der Waals surface area (Å²) in [5.41, 5.74) is 1.21. The number of carbonyl (C=O) groups is 3. The Morgan fingerprint density at radius 1 is 1.06 bits per heavy atom. The molecular formula is C21H17Cl2NO6S. The third kappa shape index (κ3) is 5.15. The summed E-state index contributed by atoms with van der Waals surface area (Å²) in [5, 5.41) is 0.325. The van der Waals surface area contributed by atoms with E-state index in [0.717, 1.165) is 16.7 Å². The summed E-state index contributed by atoms with van der Waals surface area (Å²) in [6.07, 6.45) is 1.54. The second kappa shape index (κ2) is 9.64. The summed E-state index contributed by atoms with van der Waals surface area (Å²) < 4.78 is 15.7. The normalized spacial score (nSPS) is 14.9. The summed E-state index contributed by atoms with van der Waals surface area (Å²) >= 11 is 12.8. The van der Waals surface area contributed by atoms with Gasteiger partial charge in [0.25, 0.3) is 11.1 Å². The van der Waals surface area contributed by atoms with E-state index in [-0.39, 0.29) is 28.7 Å². The van der Waals surface area contributed by atoms with Crippen LogP contribution in [0, 0.1) is 0 Å². The lowest BCUT2D eigenvalue weighted by Crippen LogP contribution is -2.27. The molecule has 2 aromatic rings. The highest BCUT2D eigenvalue weighted by atomic mass is 35.5. The third-order valence-corrected chi connectivity index (χ3v) is 5.87. The number of thioether (sulfide) groups is 1. The summed E-state index contributed by atoms with van der Waals surface area (Å²) in [7, 11) is 2.83. The molecule has 0 bridgehead atoms. The Bertz CT molecular complexity index is 1080. The molecule has 0 atom stereocenters. The Morgan fingerprint density at radius 3 is 2.26 bits per heavy atom. The lowest BCUT2D eigenvalue weighted by atomic mass is 10.1. The summed E-state index contributed by atoms with van der Waals surface area (Å²) in [6.45, 7) is 1.33. The van der Waals surface area contributed by atoms with Crippen LogP contribution >= 0.6 is 35.0 Å². The maximum Gasteiger partial charge on any atom is 0.308 e. The predicted octanol–water partition coefficient (Wildman–Crippen LogP) is 5.17. The highest BCUT2D eigenvalue weighted by Gasteiger charge is 2.35. The van der Waals surface area contributed by atoms with Crippen molar-refractivity contribution < 1.29 is 28.6 Å². The van der Waals surface area contributed by atoms with E-state index < -0.39 is 17.1 Å². The zero-order valence-corrected chi connectivity index (χ0v) is 19.1. The first-order valence-corrected chi connectivity index (χ1v) is 10.4. The van der Waals surface area contributed by atoms with E-state index in [4.69, 9.17) is 37.4 Å². The van der Waals surface area contributed by atoms with Crippen LogP contribution in [0.2, 0.25) is 10.0 Å². The van der Waals surface area contributed by atoms with Crippen molar-refractivity contribution in [2.75, 3.05) is 14.2 Å². The van der Waals surface area contributed by atoms with Gasteiger partial charge in [0.1, 0.15) is 0 Å². The summed E-state index contributed by atoms with van der Waals surface area (Å²) in [4.78, 5) is 38.0. The van der Waals surface area contributed by atoms with Crippen LogP contribution in [-0.4, -0.2) is 36.2 Å². The van der Waals surface area contributed by atoms with E-state index in [1.165, 1.54) is 21.1 Å². The van der Waals surface area contributed by atoms with Crippen LogP contribution in [-0.2, 0) is 16.1 Å². The summed E-state index contributed by atoms with van der Waals surface area (Å²) in [5.74, 6) is -0.357. The lowest BCUT2D eigenvalue weighted by Gasteiger charge is -2.14. The first-order chi connectivity index (χ1) is 14.7. The Hall–Kier alpha value is -2.68. The van der Waals surface area contributed by atoms with Gasteiger partial charge >= 0.3 is 5.97 Å². The van der Waals surface area contributed by atoms with E-state index in [2.05, 4.69) is 0 Å². The maximum atomic E-state index is 12.8. The molecule has 0 N–H and O–H groups in total. The fraction of sp³-hybridized carbons (Fsp3) is 0.190. The zero-order valence-electron chi connectivity index (χ0n) is 16.7. The van der Waals surface area contributed by atoms with Gasteiger partial charge < -0.3 is 14.2 Å². The van der Waals surface area contributed by atoms with Crippen molar-refractivity contribution in [2.45, 2.75) is 13.5 Å². The molecule has 0 saturated carbocycles. The number of ether oxygens (including phenoxy) is 3. The van der Waals surface area contributed by atoms with Crippen LogP contribution in [0.25, 0.3) is 6.08 Å². The number of hydrogen-bond acceptors (Lipinski definition) is 7. The molecule has 3 rings (SSSR count). The number of hydrogen-bond donors (Lipinski definition) is 0. The minimum absolute atomic E-state index is 0.0664. The number of methoxy groups -OCH3 is 2. The van der Waals surface area contributed by atoms with E-state index in [1.54, 1.807) is 36.4 Å². The summed E-state index contributed by atoms with van der Waals surface area (Å²) in [6, 6.07) is 8.07. The van der Waals surface area contributed by atoms with Crippen LogP contribution in [0.1, 0.15) is 18.1 Å². The predicted molar refractivity (Wildman–Crippen MR) is 119 cm³/mol. The van der Waals surface area contributed by atoms with Gasteiger partial charge in [-0.2, -0.15) is 0 Å². The van der Waals surface area contributed by atoms with Gasteiger partial charge in [0.15, 0.2) is 11.5 Å². The highest BCUT2D eigenvalue weighted by molar-refractivity contribution is 8.18. The topological polar surface area (TPSA) is 82.1 Å². The maximum absolute atomic E-state index is 12.8. The van der Waals surface area contributed by atoms with Crippen molar-refractivity contribution >= 4 is 58.2 Å². The number of carbonyl (C=O) groups excluding carboxylic acids is 3. The quantitative estimate of drug-likeness (QED) is 0.319. The molecule has 1 aliphatic heterocycles. The molecule has 31 heavy (non-hydrogen) atoms. The average molecular weight is 482 g/mol. The Labute approximate surface area is 192 Å². The third-order valence-electron chi connectivity index (χ3n) is 4.22. The van der Waals surface area contributed by atoms with Gasteiger partial charge in [-0.15, -0.1) is 0 Å². The number of rotatable bonds is 6. The second-order valence-corrected chi connectivity index (χ2v) is 8.17. The molecule has 1 saturated heterocycles. The Kier molecular flexibility index (Phi) is 7.15. The molecule has 1 heterocycles. The molecule has 0 aromatic heterocycles. The van der Waals surface area contributed by atoms with Crippen LogP contribution in [0.5, 0.6) is 17.2 Å². The van der Waals surface area contributed by atoms with E-state index in [9.17, 15) is 14.4 Å². The molecule has 2 amide bonds. The number of esters is 1. The van der Waals surface area contributed by atoms with E-state index >= 15 is 0 Å². The molecule has 162 valence electrons. The number of benzene rings is 2. The monoisotopic (exact) mass is 481 g/mol. The average Bonchev–Trinajstić information content (AvgIpc) is 2.98. The first-order valence-electron chi connectivity index (χ1n) is 8.87. The van der Waals surface area contributed by atoms with Crippen LogP contribution in [0.15, 0.2) is 35.2 Å². The van der Waals surface area contributed by atoms with Gasteiger partial charge in [0, 0.05) is 6.92 Å². The molecule has 1 aliphatic rings. The second-order valence-electron chi connectivity index (χ2n) is 6.36. The lowest BCUT2D eigenvalue weighted by molar-refractivity contribution is -0.132. The molecule has 2 aromatic carbocycles. The van der Waals surface area contributed by atoms with Gasteiger partial charge in [-0.3, -0.25) is 19.3 Å². The van der Waals surface area contributed by atoms with Crippen molar-refractivity contribution in [1.82, 2.24) is 4.90 Å². The molecule has 1 fully saturated rings. The van der Waals surface area contributed by atoms with Crippen molar-refractivity contribution in [1.29, 1.82) is 0 Å². The van der Waals surface area contributed by atoms with Crippen molar-refractivity contribution in [2.24, 2.45) is 0 Å². The van der Waals surface area contributed by atoms with Crippen LogP contribution < -0.4 is 14.2 Å². The number of amides is 2. The zero-order chi connectivity index (χ0) is 22.7. The molecule has 0 radical (unpaired) electrons. The molecular weight excluding hydrogens is 465 g/mol. The molecule has 7 nitrogen and oxygen atoms in total. The van der Waals surface area contributed by atoms with Crippen LogP contribution in [0.4, 0.5) is 4.79 Å². The van der Waals surface area contributed by atoms with Gasteiger partial charge in [-0.05, 0) is 53.2 Å². The SMILES string of the molecule is COc1cc(/C=C2\SC(=O)N(Cc3ccc(Cl)c(Cl)c3)C2=O)cc(OC)c1OC(C)=O. The molecule has 0 unspecified atom stereocenters.